The summed E-state index contributed by atoms with van der Waals surface area (Å²) < 4.78 is 32.6. The first-order valence-electron chi connectivity index (χ1n) is 21.4. The van der Waals surface area contributed by atoms with E-state index >= 15 is 0 Å². The van der Waals surface area contributed by atoms with E-state index in [2.05, 4.69) is 36.6 Å². The Labute approximate surface area is 343 Å². The fourth-order valence-electron chi connectivity index (χ4n) is 5.37. The molecule has 0 aliphatic carbocycles. The third-order valence-electron chi connectivity index (χ3n) is 8.82. The SMILES string of the molecule is CCCCC/C=C\C=C/[C@@H](O)C/C=C\C/C=C/CCCC(=O)OC[C@H](COP(=O)(O)OC[C@H](N)C(=O)O)OC(=O)CCCCCCCCC/C=C\CCCCCC. The van der Waals surface area contributed by atoms with Crippen LogP contribution in [0.1, 0.15) is 162 Å². The quantitative estimate of drug-likeness (QED) is 0.0151. The number of aliphatic hydroxyl groups is 1. The van der Waals surface area contributed by atoms with Crippen molar-refractivity contribution < 1.29 is 52.6 Å². The van der Waals surface area contributed by atoms with Crippen LogP contribution in [0.3, 0.4) is 0 Å². The summed E-state index contributed by atoms with van der Waals surface area (Å²) in [4.78, 5) is 45.9. The molecule has 0 fully saturated rings. The van der Waals surface area contributed by atoms with Gasteiger partial charge in [0.15, 0.2) is 6.10 Å². The molecule has 0 heterocycles. The summed E-state index contributed by atoms with van der Waals surface area (Å²) in [5.74, 6) is -2.51. The Morgan fingerprint density at radius 1 is 0.632 bits per heavy atom. The van der Waals surface area contributed by atoms with Gasteiger partial charge in [-0.3, -0.25) is 23.4 Å². The van der Waals surface area contributed by atoms with Crippen molar-refractivity contribution in [2.75, 3.05) is 19.8 Å². The maximum Gasteiger partial charge on any atom is 0.472 e. The minimum absolute atomic E-state index is 0.109. The van der Waals surface area contributed by atoms with E-state index in [0.717, 1.165) is 38.5 Å². The zero-order chi connectivity index (χ0) is 42.2. The van der Waals surface area contributed by atoms with E-state index in [1.54, 1.807) is 6.08 Å². The van der Waals surface area contributed by atoms with E-state index in [1.807, 2.05) is 36.5 Å². The maximum absolute atomic E-state index is 12.6. The zero-order valence-corrected chi connectivity index (χ0v) is 35.9. The summed E-state index contributed by atoms with van der Waals surface area (Å²) in [6, 6.07) is -1.54. The van der Waals surface area contributed by atoms with Crippen molar-refractivity contribution in [3.05, 3.63) is 60.8 Å². The molecule has 0 saturated carbocycles. The standard InChI is InChI=1S/C44H76NO11P/c1-3-5-7-9-11-12-13-14-15-16-17-18-22-27-31-35-43(48)56-40(37-54-57(51,52)55-38-41(45)44(49)50)36-53-42(47)34-30-26-23-19-21-25-29-33-39(46)32-28-24-20-10-8-6-4-2/h12-13,19-20,23-25,28-29,32,39-41,46H,3-11,14-18,21-22,26-27,30-31,33-38,45H2,1-2H3,(H,49,50)(H,51,52)/b13-12-,23-19+,24-20-,29-25-,32-28-/t39-,40-,41+/m1/s1. The Hall–Kier alpha value is -2.86. The second-order valence-corrected chi connectivity index (χ2v) is 15.8. The molecule has 0 aromatic rings. The van der Waals surface area contributed by atoms with E-state index < -0.39 is 63.8 Å². The lowest BCUT2D eigenvalue weighted by atomic mass is 10.1. The molecule has 0 aromatic heterocycles. The van der Waals surface area contributed by atoms with Gasteiger partial charge in [-0.25, -0.2) is 4.57 Å². The van der Waals surface area contributed by atoms with Gasteiger partial charge in [0.1, 0.15) is 12.6 Å². The molecular weight excluding hydrogens is 749 g/mol. The monoisotopic (exact) mass is 826 g/mol. The third-order valence-corrected chi connectivity index (χ3v) is 9.77. The van der Waals surface area contributed by atoms with Gasteiger partial charge in [-0.1, -0.05) is 139 Å². The molecule has 5 N–H and O–H groups in total. The molecule has 328 valence electrons. The predicted molar refractivity (Wildman–Crippen MR) is 227 cm³/mol. The van der Waals surface area contributed by atoms with Crippen LogP contribution < -0.4 is 5.73 Å². The Balaban J connectivity index is 4.54. The predicted octanol–water partition coefficient (Wildman–Crippen LogP) is 10.1. The molecule has 13 heteroatoms. The van der Waals surface area contributed by atoms with E-state index in [9.17, 15) is 28.9 Å². The van der Waals surface area contributed by atoms with Gasteiger partial charge in [0, 0.05) is 12.8 Å². The van der Waals surface area contributed by atoms with Crippen molar-refractivity contribution in [2.24, 2.45) is 5.73 Å². The number of aliphatic hydroxyl groups excluding tert-OH is 1. The summed E-state index contributed by atoms with van der Waals surface area (Å²) >= 11 is 0. The van der Waals surface area contributed by atoms with E-state index in [4.69, 9.17) is 24.8 Å². The minimum atomic E-state index is -4.74. The van der Waals surface area contributed by atoms with Crippen LogP contribution in [0.2, 0.25) is 0 Å². The number of allylic oxidation sites excluding steroid dienone is 8. The number of aliphatic carboxylic acids is 1. The molecule has 0 aromatic carbocycles. The molecule has 0 spiro atoms. The van der Waals surface area contributed by atoms with Crippen LogP contribution in [0.5, 0.6) is 0 Å². The number of phosphoric ester groups is 1. The zero-order valence-electron chi connectivity index (χ0n) is 35.0. The molecule has 1 unspecified atom stereocenters. The number of ether oxygens (including phenoxy) is 2. The Morgan fingerprint density at radius 3 is 1.84 bits per heavy atom. The van der Waals surface area contributed by atoms with Crippen molar-refractivity contribution in [3.63, 3.8) is 0 Å². The van der Waals surface area contributed by atoms with Gasteiger partial charge >= 0.3 is 25.7 Å². The lowest BCUT2D eigenvalue weighted by Crippen LogP contribution is -2.34. The van der Waals surface area contributed by atoms with Crippen LogP contribution >= 0.6 is 7.82 Å². The number of phosphoric acid groups is 1. The first-order chi connectivity index (χ1) is 27.5. The summed E-state index contributed by atoms with van der Waals surface area (Å²) in [5, 5.41) is 18.9. The van der Waals surface area contributed by atoms with Gasteiger partial charge in [-0.2, -0.15) is 0 Å². The molecule has 0 amide bonds. The second kappa shape index (κ2) is 38.6. The number of carbonyl (C=O) groups excluding carboxylic acids is 2. The number of unbranched alkanes of at least 4 members (excludes halogenated alkanes) is 15. The normalized spacial score (nSPS) is 14.9. The first-order valence-corrected chi connectivity index (χ1v) is 22.9. The molecule has 0 radical (unpaired) electrons. The molecule has 0 saturated heterocycles. The molecule has 0 aliphatic heterocycles. The van der Waals surface area contributed by atoms with Crippen LogP contribution in [0.4, 0.5) is 0 Å². The van der Waals surface area contributed by atoms with Gasteiger partial charge < -0.3 is 30.3 Å². The smallest absolute Gasteiger partial charge is 0.472 e. The average Bonchev–Trinajstić information content (AvgIpc) is 3.18. The number of esters is 2. The second-order valence-electron chi connectivity index (χ2n) is 14.3. The molecule has 0 aliphatic rings. The highest BCUT2D eigenvalue weighted by Gasteiger charge is 2.28. The number of carbonyl (C=O) groups is 3. The molecule has 0 bridgehead atoms. The van der Waals surface area contributed by atoms with Crippen molar-refractivity contribution in [1.82, 2.24) is 0 Å². The van der Waals surface area contributed by atoms with Crippen LogP contribution in [0, 0.1) is 0 Å². The minimum Gasteiger partial charge on any atom is -0.480 e. The fraction of sp³-hybridized carbons (Fsp3) is 0.705. The summed E-state index contributed by atoms with van der Waals surface area (Å²) in [7, 11) is -4.74. The third kappa shape index (κ3) is 38.4. The van der Waals surface area contributed by atoms with Gasteiger partial charge in [0.25, 0.3) is 0 Å². The highest BCUT2D eigenvalue weighted by atomic mass is 31.2. The van der Waals surface area contributed by atoms with Gasteiger partial charge in [-0.15, -0.1) is 0 Å². The van der Waals surface area contributed by atoms with Gasteiger partial charge in [0.05, 0.1) is 19.3 Å². The van der Waals surface area contributed by atoms with Crippen LogP contribution in [0.15, 0.2) is 60.8 Å². The van der Waals surface area contributed by atoms with Crippen molar-refractivity contribution in [1.29, 1.82) is 0 Å². The van der Waals surface area contributed by atoms with Gasteiger partial charge in [-0.05, 0) is 70.6 Å². The van der Waals surface area contributed by atoms with Crippen molar-refractivity contribution >= 4 is 25.7 Å². The lowest BCUT2D eigenvalue weighted by Gasteiger charge is -2.20. The number of nitrogens with two attached hydrogens (primary N) is 1. The molecule has 57 heavy (non-hydrogen) atoms. The number of rotatable bonds is 39. The van der Waals surface area contributed by atoms with Crippen molar-refractivity contribution in [2.45, 2.75) is 180 Å². The molecule has 4 atom stereocenters. The Kier molecular flexibility index (Phi) is 36.7. The van der Waals surface area contributed by atoms with E-state index in [0.29, 0.717) is 32.1 Å². The largest absolute Gasteiger partial charge is 0.480 e. The van der Waals surface area contributed by atoms with Crippen LogP contribution in [0.25, 0.3) is 0 Å². The van der Waals surface area contributed by atoms with E-state index in [-0.39, 0.29) is 12.8 Å². The van der Waals surface area contributed by atoms with E-state index in [1.165, 1.54) is 64.2 Å². The van der Waals surface area contributed by atoms with Crippen molar-refractivity contribution in [3.8, 4) is 0 Å². The molecular formula is C44H76NO11P. The molecule has 0 rings (SSSR count). The summed E-state index contributed by atoms with van der Waals surface area (Å²) in [6.07, 6.45) is 40.3. The Morgan fingerprint density at radius 2 is 1.16 bits per heavy atom. The van der Waals surface area contributed by atoms with Crippen LogP contribution in [-0.4, -0.2) is 71.1 Å². The van der Waals surface area contributed by atoms with Gasteiger partial charge in [0.2, 0.25) is 0 Å². The van der Waals surface area contributed by atoms with Crippen LogP contribution in [-0.2, 0) is 37.5 Å². The Bertz CT molecular complexity index is 1220. The number of carboxylic acids is 1. The fourth-order valence-corrected chi connectivity index (χ4v) is 6.14. The number of carboxylic acid groups (broad SMARTS) is 1. The lowest BCUT2D eigenvalue weighted by molar-refractivity contribution is -0.161. The topological polar surface area (TPSA) is 192 Å². The summed E-state index contributed by atoms with van der Waals surface area (Å²) in [5.41, 5.74) is 5.32. The molecule has 12 nitrogen and oxygen atoms in total. The average molecular weight is 826 g/mol. The highest BCUT2D eigenvalue weighted by Crippen LogP contribution is 2.43. The maximum atomic E-state index is 12.6. The number of hydrogen-bond acceptors (Lipinski definition) is 10. The highest BCUT2D eigenvalue weighted by molar-refractivity contribution is 7.47. The first kappa shape index (κ1) is 54.1. The summed E-state index contributed by atoms with van der Waals surface area (Å²) in [6.45, 7) is 2.60. The number of hydrogen-bond donors (Lipinski definition) is 4.